The molecule has 1 atom stereocenters. The molecule has 2 aromatic heterocycles. The third kappa shape index (κ3) is 3.16. The van der Waals surface area contributed by atoms with Crippen LogP contribution in [-0.2, 0) is 4.79 Å². The van der Waals surface area contributed by atoms with Crippen LogP contribution in [0.15, 0.2) is 24.4 Å². The molecule has 1 aliphatic heterocycles. The average Bonchev–Trinajstić information content (AvgIpc) is 2.48. The monoisotopic (exact) mass is 311 g/mol. The molecule has 6 heteroatoms. The Labute approximate surface area is 136 Å². The highest BCUT2D eigenvalue weighted by Gasteiger charge is 2.33. The van der Waals surface area contributed by atoms with Gasteiger partial charge in [-0.15, -0.1) is 0 Å². The molecular formula is C17H21N5O. The van der Waals surface area contributed by atoms with Crippen molar-refractivity contribution in [2.75, 3.05) is 11.9 Å². The van der Waals surface area contributed by atoms with Crippen LogP contribution >= 0.6 is 0 Å². The van der Waals surface area contributed by atoms with Crippen LogP contribution in [0.5, 0.6) is 0 Å². The number of likely N-dealkylation sites (tertiary alicyclic amines) is 1. The largest absolute Gasteiger partial charge is 0.334 e. The minimum absolute atomic E-state index is 0.0644. The molecule has 6 nitrogen and oxygen atoms in total. The van der Waals surface area contributed by atoms with Gasteiger partial charge < -0.3 is 10.2 Å². The number of aryl methyl sites for hydroxylation is 2. The van der Waals surface area contributed by atoms with E-state index < -0.39 is 0 Å². The Bertz CT molecular complexity index is 731. The number of aromatic nitrogens is 3. The van der Waals surface area contributed by atoms with Crippen LogP contribution in [0.4, 0.5) is 11.6 Å². The summed E-state index contributed by atoms with van der Waals surface area (Å²) in [6, 6.07) is 5.88. The van der Waals surface area contributed by atoms with Crippen LogP contribution in [0, 0.1) is 13.8 Å². The molecular weight excluding hydrogens is 290 g/mol. The maximum atomic E-state index is 11.9. The number of nitrogens with zero attached hydrogens (tertiary/aromatic N) is 4. The first-order valence-electron chi connectivity index (χ1n) is 7.92. The number of carbonyl (C=O) groups excluding carboxylic acids is 1. The van der Waals surface area contributed by atoms with Crippen molar-refractivity contribution in [3.8, 4) is 0 Å². The first kappa shape index (κ1) is 15.4. The van der Waals surface area contributed by atoms with E-state index in [9.17, 15) is 4.79 Å². The van der Waals surface area contributed by atoms with Crippen LogP contribution in [0.3, 0.4) is 0 Å². The van der Waals surface area contributed by atoms with Crippen LogP contribution in [0.25, 0.3) is 0 Å². The third-order valence-electron chi connectivity index (χ3n) is 4.10. The first-order chi connectivity index (χ1) is 11.1. The second kappa shape index (κ2) is 6.32. The molecule has 1 amide bonds. The Morgan fingerprint density at radius 2 is 2.22 bits per heavy atom. The number of hydrogen-bond acceptors (Lipinski definition) is 5. The number of anilines is 2. The second-order valence-electron chi connectivity index (χ2n) is 5.76. The van der Waals surface area contributed by atoms with Crippen molar-refractivity contribution in [2.45, 2.75) is 39.7 Å². The Hall–Kier alpha value is -2.50. The predicted molar refractivity (Wildman–Crippen MR) is 88.4 cm³/mol. The van der Waals surface area contributed by atoms with E-state index in [-0.39, 0.29) is 11.9 Å². The fraction of sp³-hybridized carbons (Fsp3) is 0.412. The standard InChI is InChI=1S/C17H21N5O/c1-4-16(23)22-9-7-14(22)13-10-15(20-12(3)19-13)21-17-11(2)6-5-8-18-17/h5-6,8,10,14H,4,7,9H2,1-3H3,(H,18,19,20,21). The number of amides is 1. The van der Waals surface area contributed by atoms with Gasteiger partial charge in [-0.3, -0.25) is 4.79 Å². The Morgan fingerprint density at radius 1 is 1.39 bits per heavy atom. The summed E-state index contributed by atoms with van der Waals surface area (Å²) in [6.07, 6.45) is 3.22. The van der Waals surface area contributed by atoms with Gasteiger partial charge >= 0.3 is 0 Å². The predicted octanol–water partition coefficient (Wildman–Crippen LogP) is 2.92. The fourth-order valence-electron chi connectivity index (χ4n) is 2.76. The smallest absolute Gasteiger partial charge is 0.222 e. The molecule has 1 aliphatic rings. The van der Waals surface area contributed by atoms with Crippen LogP contribution in [0.1, 0.15) is 42.9 Å². The number of rotatable bonds is 4. The maximum Gasteiger partial charge on any atom is 0.222 e. The number of nitrogens with one attached hydrogen (secondary N) is 1. The van der Waals surface area contributed by atoms with E-state index in [1.54, 1.807) is 6.20 Å². The van der Waals surface area contributed by atoms with Gasteiger partial charge in [-0.05, 0) is 31.9 Å². The molecule has 1 unspecified atom stereocenters. The van der Waals surface area contributed by atoms with Gasteiger partial charge in [0, 0.05) is 25.2 Å². The van der Waals surface area contributed by atoms with Gasteiger partial charge in [0.1, 0.15) is 17.5 Å². The molecule has 0 aliphatic carbocycles. The highest BCUT2D eigenvalue weighted by molar-refractivity contribution is 5.77. The topological polar surface area (TPSA) is 71.0 Å². The zero-order valence-corrected chi connectivity index (χ0v) is 13.7. The molecule has 0 radical (unpaired) electrons. The normalized spacial score (nSPS) is 16.8. The van der Waals surface area contributed by atoms with Crippen molar-refractivity contribution in [2.24, 2.45) is 0 Å². The lowest BCUT2D eigenvalue weighted by molar-refractivity contribution is -0.138. The second-order valence-corrected chi connectivity index (χ2v) is 5.76. The SMILES string of the molecule is CCC(=O)N1CCC1c1cc(Nc2ncccc2C)nc(C)n1. The summed E-state index contributed by atoms with van der Waals surface area (Å²) in [5.41, 5.74) is 1.94. The summed E-state index contributed by atoms with van der Waals surface area (Å²) < 4.78 is 0. The van der Waals surface area contributed by atoms with Gasteiger partial charge in [0.05, 0.1) is 11.7 Å². The van der Waals surface area contributed by atoms with Crippen LogP contribution < -0.4 is 5.32 Å². The summed E-state index contributed by atoms with van der Waals surface area (Å²) in [5.74, 6) is 2.36. The van der Waals surface area contributed by atoms with E-state index in [2.05, 4.69) is 20.3 Å². The molecule has 0 saturated carbocycles. The van der Waals surface area contributed by atoms with E-state index in [1.807, 2.05) is 43.9 Å². The van der Waals surface area contributed by atoms with Crippen LogP contribution in [-0.4, -0.2) is 32.3 Å². The average molecular weight is 311 g/mol. The van der Waals surface area contributed by atoms with E-state index in [1.165, 1.54) is 0 Å². The van der Waals surface area contributed by atoms with Crippen molar-refractivity contribution in [1.29, 1.82) is 0 Å². The van der Waals surface area contributed by atoms with Gasteiger partial charge in [-0.25, -0.2) is 15.0 Å². The lowest BCUT2D eigenvalue weighted by Crippen LogP contribution is -2.45. The summed E-state index contributed by atoms with van der Waals surface area (Å²) in [7, 11) is 0. The quantitative estimate of drug-likeness (QED) is 0.940. The van der Waals surface area contributed by atoms with Crippen molar-refractivity contribution in [3.05, 3.63) is 41.5 Å². The molecule has 1 saturated heterocycles. The molecule has 120 valence electrons. The van der Waals surface area contributed by atoms with Crippen molar-refractivity contribution in [1.82, 2.24) is 19.9 Å². The number of pyridine rings is 1. The van der Waals surface area contributed by atoms with Crippen molar-refractivity contribution < 1.29 is 4.79 Å². The van der Waals surface area contributed by atoms with Gasteiger partial charge in [0.15, 0.2) is 0 Å². The molecule has 23 heavy (non-hydrogen) atoms. The maximum absolute atomic E-state index is 11.9. The minimum Gasteiger partial charge on any atom is -0.334 e. The summed E-state index contributed by atoms with van der Waals surface area (Å²) in [4.78, 5) is 27.1. The molecule has 0 spiro atoms. The van der Waals surface area contributed by atoms with E-state index in [0.29, 0.717) is 18.1 Å². The van der Waals surface area contributed by atoms with Crippen LogP contribution in [0.2, 0.25) is 0 Å². The molecule has 1 N–H and O–H groups in total. The Morgan fingerprint density at radius 3 is 2.87 bits per heavy atom. The highest BCUT2D eigenvalue weighted by Crippen LogP contribution is 2.33. The molecule has 1 fully saturated rings. The number of carbonyl (C=O) groups is 1. The molecule has 2 aromatic rings. The molecule has 0 aromatic carbocycles. The lowest BCUT2D eigenvalue weighted by atomic mass is 9.98. The Balaban J connectivity index is 1.85. The summed E-state index contributed by atoms with van der Waals surface area (Å²) in [6.45, 7) is 6.56. The van der Waals surface area contributed by atoms with E-state index >= 15 is 0 Å². The van der Waals surface area contributed by atoms with Gasteiger partial charge in [0.2, 0.25) is 5.91 Å². The highest BCUT2D eigenvalue weighted by atomic mass is 16.2. The minimum atomic E-state index is 0.0644. The number of hydrogen-bond donors (Lipinski definition) is 1. The Kier molecular flexibility index (Phi) is 4.23. The van der Waals surface area contributed by atoms with E-state index in [4.69, 9.17) is 0 Å². The zero-order valence-electron chi connectivity index (χ0n) is 13.7. The third-order valence-corrected chi connectivity index (χ3v) is 4.10. The zero-order chi connectivity index (χ0) is 16.4. The van der Waals surface area contributed by atoms with Crippen molar-refractivity contribution >= 4 is 17.5 Å². The first-order valence-corrected chi connectivity index (χ1v) is 7.92. The molecule has 3 rings (SSSR count). The van der Waals surface area contributed by atoms with E-state index in [0.717, 1.165) is 30.0 Å². The van der Waals surface area contributed by atoms with Gasteiger partial charge in [-0.2, -0.15) is 0 Å². The molecule has 3 heterocycles. The van der Waals surface area contributed by atoms with Gasteiger partial charge in [0.25, 0.3) is 0 Å². The summed E-state index contributed by atoms with van der Waals surface area (Å²) >= 11 is 0. The lowest BCUT2D eigenvalue weighted by Gasteiger charge is -2.40. The van der Waals surface area contributed by atoms with Gasteiger partial charge in [-0.1, -0.05) is 13.0 Å². The van der Waals surface area contributed by atoms with Crippen molar-refractivity contribution in [3.63, 3.8) is 0 Å². The summed E-state index contributed by atoms with van der Waals surface area (Å²) in [5, 5.41) is 3.25. The fourth-order valence-corrected chi connectivity index (χ4v) is 2.76. The molecule has 0 bridgehead atoms.